The minimum atomic E-state index is -3.65. The zero-order valence-corrected chi connectivity index (χ0v) is 14.2. The Bertz CT molecular complexity index is 683. The average molecular weight is 382 g/mol. The third kappa shape index (κ3) is 3.24. The van der Waals surface area contributed by atoms with Gasteiger partial charge >= 0.3 is 0 Å². The second-order valence-electron chi connectivity index (χ2n) is 4.72. The van der Waals surface area contributed by atoms with E-state index in [1.165, 1.54) is 16.4 Å². The summed E-state index contributed by atoms with van der Waals surface area (Å²) in [5.41, 5.74) is 0. The Kier molecular flexibility index (Phi) is 4.58. The molecular weight excluding hydrogens is 366 g/mol. The normalized spacial score (nSPS) is 22.2. The first-order valence-corrected chi connectivity index (χ1v) is 10.3. The minimum absolute atomic E-state index is 0.0595. The molecule has 1 aliphatic rings. The summed E-state index contributed by atoms with van der Waals surface area (Å²) in [6.45, 7) is 1.99. The molecule has 1 aromatic rings. The van der Waals surface area contributed by atoms with Crippen molar-refractivity contribution in [2.24, 2.45) is 0 Å². The fourth-order valence-electron chi connectivity index (χ4n) is 2.37. The van der Waals surface area contributed by atoms with Gasteiger partial charge in [0.15, 0.2) is 9.84 Å². The van der Waals surface area contributed by atoms with Gasteiger partial charge in [0.2, 0.25) is 10.0 Å². The first-order chi connectivity index (χ1) is 9.26. The number of sulfonamides is 1. The van der Waals surface area contributed by atoms with E-state index in [1.807, 2.05) is 0 Å². The van der Waals surface area contributed by atoms with E-state index in [2.05, 4.69) is 15.9 Å². The van der Waals surface area contributed by atoms with Gasteiger partial charge in [0.25, 0.3) is 0 Å². The van der Waals surface area contributed by atoms with Gasteiger partial charge in [-0.2, -0.15) is 4.31 Å². The van der Waals surface area contributed by atoms with Gasteiger partial charge in [-0.05, 0) is 30.7 Å². The van der Waals surface area contributed by atoms with Crippen LogP contribution in [0, 0.1) is 0 Å². The summed E-state index contributed by atoms with van der Waals surface area (Å²) < 4.78 is 50.3. The summed E-state index contributed by atoms with van der Waals surface area (Å²) in [4.78, 5) is 0.187. The van der Waals surface area contributed by atoms with Gasteiger partial charge in [0, 0.05) is 17.1 Å². The smallest absolute Gasteiger partial charge is 0.229 e. The first kappa shape index (κ1) is 15.9. The maximum Gasteiger partial charge on any atom is 0.243 e. The quantitative estimate of drug-likeness (QED) is 0.794. The molecule has 0 amide bonds. The molecule has 0 radical (unpaired) electrons. The molecule has 8 heteroatoms. The van der Waals surface area contributed by atoms with Gasteiger partial charge in [-0.15, -0.1) is 0 Å². The van der Waals surface area contributed by atoms with Crippen molar-refractivity contribution in [2.45, 2.75) is 24.3 Å². The van der Waals surface area contributed by atoms with Crippen LogP contribution >= 0.6 is 15.9 Å². The van der Waals surface area contributed by atoms with Crippen LogP contribution in [-0.2, 0) is 19.9 Å². The summed E-state index contributed by atoms with van der Waals surface area (Å²) in [5.74, 6) is -0.0272. The van der Waals surface area contributed by atoms with E-state index in [9.17, 15) is 16.8 Å². The van der Waals surface area contributed by atoms with Crippen LogP contribution in [0.5, 0.6) is 0 Å². The van der Waals surface area contributed by atoms with Crippen molar-refractivity contribution in [3.63, 3.8) is 0 Å². The predicted molar refractivity (Wildman–Crippen MR) is 80.8 cm³/mol. The van der Waals surface area contributed by atoms with Gasteiger partial charge in [0.05, 0.1) is 16.4 Å². The highest BCUT2D eigenvalue weighted by Crippen LogP contribution is 2.25. The van der Waals surface area contributed by atoms with Crippen molar-refractivity contribution in [3.05, 3.63) is 28.7 Å². The lowest BCUT2D eigenvalue weighted by atomic mass is 10.3. The molecule has 0 N–H and O–H groups in total. The van der Waals surface area contributed by atoms with Crippen molar-refractivity contribution < 1.29 is 16.8 Å². The van der Waals surface area contributed by atoms with E-state index >= 15 is 0 Å². The second kappa shape index (κ2) is 5.75. The molecule has 1 aromatic carbocycles. The Morgan fingerprint density at radius 3 is 2.35 bits per heavy atom. The van der Waals surface area contributed by atoms with E-state index in [-0.39, 0.29) is 22.9 Å². The average Bonchev–Trinajstić information content (AvgIpc) is 2.70. The van der Waals surface area contributed by atoms with Crippen LogP contribution < -0.4 is 0 Å². The van der Waals surface area contributed by atoms with E-state index in [4.69, 9.17) is 0 Å². The van der Waals surface area contributed by atoms with Gasteiger partial charge < -0.3 is 0 Å². The number of rotatable bonds is 4. The van der Waals surface area contributed by atoms with Crippen LogP contribution in [0.25, 0.3) is 0 Å². The number of benzene rings is 1. The molecule has 5 nitrogen and oxygen atoms in total. The molecule has 0 bridgehead atoms. The molecule has 20 heavy (non-hydrogen) atoms. The highest BCUT2D eigenvalue weighted by Gasteiger charge is 2.37. The SMILES string of the molecule is CCN([C@H]1CCS(=O)(=O)C1)S(=O)(=O)c1ccc(Br)cc1. The summed E-state index contributed by atoms with van der Waals surface area (Å²) in [5, 5.41) is 0. The van der Waals surface area contributed by atoms with Crippen LogP contribution in [0.1, 0.15) is 13.3 Å². The van der Waals surface area contributed by atoms with Gasteiger partial charge in [-0.3, -0.25) is 0 Å². The second-order valence-corrected chi connectivity index (χ2v) is 9.75. The summed E-state index contributed by atoms with van der Waals surface area (Å²) in [6, 6.07) is 5.90. The van der Waals surface area contributed by atoms with Crippen LogP contribution in [0.15, 0.2) is 33.6 Å². The number of hydrogen-bond donors (Lipinski definition) is 0. The topological polar surface area (TPSA) is 71.5 Å². The van der Waals surface area contributed by atoms with Gasteiger partial charge in [-0.25, -0.2) is 16.8 Å². The van der Waals surface area contributed by atoms with Gasteiger partial charge in [0.1, 0.15) is 0 Å². The Morgan fingerprint density at radius 1 is 1.30 bits per heavy atom. The zero-order valence-electron chi connectivity index (χ0n) is 11.0. The molecule has 1 atom stereocenters. The Morgan fingerprint density at radius 2 is 1.90 bits per heavy atom. The van der Waals surface area contributed by atoms with Crippen LogP contribution in [-0.4, -0.2) is 45.2 Å². The lowest BCUT2D eigenvalue weighted by molar-refractivity contribution is 0.354. The molecule has 0 spiro atoms. The number of hydrogen-bond acceptors (Lipinski definition) is 4. The van der Waals surface area contributed by atoms with Gasteiger partial charge in [-0.1, -0.05) is 22.9 Å². The molecule has 1 fully saturated rings. The lowest BCUT2D eigenvalue weighted by Crippen LogP contribution is -2.40. The summed E-state index contributed by atoms with van der Waals surface area (Å²) >= 11 is 3.26. The predicted octanol–water partition coefficient (Wildman–Crippen LogP) is 1.65. The monoisotopic (exact) mass is 381 g/mol. The minimum Gasteiger partial charge on any atom is -0.229 e. The molecule has 0 aromatic heterocycles. The number of nitrogens with zero attached hydrogens (tertiary/aromatic N) is 1. The lowest BCUT2D eigenvalue weighted by Gasteiger charge is -2.25. The van der Waals surface area contributed by atoms with E-state index in [0.717, 1.165) is 4.47 Å². The molecule has 0 saturated carbocycles. The summed E-state index contributed by atoms with van der Waals surface area (Å²) in [6.07, 6.45) is 0.367. The highest BCUT2D eigenvalue weighted by molar-refractivity contribution is 9.10. The van der Waals surface area contributed by atoms with Crippen LogP contribution in [0.3, 0.4) is 0 Å². The van der Waals surface area contributed by atoms with E-state index < -0.39 is 25.9 Å². The van der Waals surface area contributed by atoms with Crippen molar-refractivity contribution in [1.82, 2.24) is 4.31 Å². The van der Waals surface area contributed by atoms with Crippen molar-refractivity contribution in [2.75, 3.05) is 18.1 Å². The Labute approximate surface area is 128 Å². The summed E-state index contributed by atoms with van der Waals surface area (Å²) in [7, 11) is -6.77. The highest BCUT2D eigenvalue weighted by atomic mass is 79.9. The maximum absolute atomic E-state index is 12.6. The number of halogens is 1. The third-order valence-electron chi connectivity index (χ3n) is 3.35. The molecule has 1 saturated heterocycles. The van der Waals surface area contributed by atoms with E-state index in [1.54, 1.807) is 19.1 Å². The molecule has 2 rings (SSSR count). The largest absolute Gasteiger partial charge is 0.243 e. The fourth-order valence-corrected chi connectivity index (χ4v) is 6.12. The van der Waals surface area contributed by atoms with Crippen LogP contribution in [0.2, 0.25) is 0 Å². The molecule has 112 valence electrons. The molecule has 1 heterocycles. The Hall–Kier alpha value is -0.440. The standard InChI is InChI=1S/C12H16BrNO4S2/c1-2-14(11-7-8-19(15,16)9-11)20(17,18)12-5-3-10(13)4-6-12/h3-6,11H,2,7-9H2,1H3/t11-/m0/s1. The maximum atomic E-state index is 12.6. The molecule has 0 unspecified atom stereocenters. The number of sulfone groups is 1. The zero-order chi connectivity index (χ0) is 15.0. The third-order valence-corrected chi connectivity index (χ3v) is 7.67. The molecule has 0 aliphatic carbocycles. The fraction of sp³-hybridized carbons (Fsp3) is 0.500. The van der Waals surface area contributed by atoms with E-state index in [0.29, 0.717) is 6.42 Å². The Balaban J connectivity index is 2.33. The molecular formula is C12H16BrNO4S2. The van der Waals surface area contributed by atoms with Crippen molar-refractivity contribution >= 4 is 35.8 Å². The molecule has 1 aliphatic heterocycles. The van der Waals surface area contributed by atoms with Crippen molar-refractivity contribution in [3.8, 4) is 0 Å². The van der Waals surface area contributed by atoms with Crippen LogP contribution in [0.4, 0.5) is 0 Å². The first-order valence-electron chi connectivity index (χ1n) is 6.24. The van der Waals surface area contributed by atoms with Crippen molar-refractivity contribution in [1.29, 1.82) is 0 Å².